The second-order valence-electron chi connectivity index (χ2n) is 7.22. The highest BCUT2D eigenvalue weighted by Crippen LogP contribution is 2.26. The zero-order chi connectivity index (χ0) is 17.9. The summed E-state index contributed by atoms with van der Waals surface area (Å²) >= 11 is 0. The minimum absolute atomic E-state index is 0.300. The lowest BCUT2D eigenvalue weighted by Gasteiger charge is -2.26. The normalized spacial score (nSPS) is 17.9. The molecule has 1 aliphatic carbocycles. The van der Waals surface area contributed by atoms with Crippen LogP contribution in [0.25, 0.3) is 0 Å². The summed E-state index contributed by atoms with van der Waals surface area (Å²) in [5.41, 5.74) is 3.69. The van der Waals surface area contributed by atoms with Crippen molar-refractivity contribution in [1.82, 2.24) is 25.3 Å². The van der Waals surface area contributed by atoms with E-state index >= 15 is 0 Å². The number of aliphatic imine (C=N–C) groups is 1. The molecule has 1 fully saturated rings. The first-order valence-corrected chi connectivity index (χ1v) is 9.01. The highest BCUT2D eigenvalue weighted by Gasteiger charge is 2.29. The van der Waals surface area contributed by atoms with E-state index in [9.17, 15) is 0 Å². The molecule has 0 spiro atoms. The molecule has 6 heteroatoms. The van der Waals surface area contributed by atoms with Gasteiger partial charge in [0.15, 0.2) is 5.96 Å². The highest BCUT2D eigenvalue weighted by molar-refractivity contribution is 5.80. The first kappa shape index (κ1) is 18.8. The van der Waals surface area contributed by atoms with Crippen LogP contribution in [0.2, 0.25) is 0 Å². The van der Waals surface area contributed by atoms with Crippen molar-refractivity contribution in [2.45, 2.75) is 65.1 Å². The van der Waals surface area contributed by atoms with Crippen LogP contribution in [0, 0.1) is 13.8 Å². The van der Waals surface area contributed by atoms with Crippen molar-refractivity contribution >= 4 is 5.96 Å². The second-order valence-corrected chi connectivity index (χ2v) is 7.22. The molecule has 1 saturated carbocycles. The molecule has 1 aliphatic rings. The van der Waals surface area contributed by atoms with Crippen LogP contribution in [-0.4, -0.2) is 59.4 Å². The van der Waals surface area contributed by atoms with Gasteiger partial charge in [0.2, 0.25) is 0 Å². The molecule has 1 aromatic heterocycles. The van der Waals surface area contributed by atoms with Gasteiger partial charge in [0.25, 0.3) is 0 Å². The number of aromatic nitrogens is 2. The van der Waals surface area contributed by atoms with Crippen LogP contribution in [0.4, 0.5) is 0 Å². The third-order valence-electron chi connectivity index (χ3n) is 5.16. The van der Waals surface area contributed by atoms with Crippen molar-refractivity contribution in [3.05, 3.63) is 17.0 Å². The summed E-state index contributed by atoms with van der Waals surface area (Å²) in [6.07, 6.45) is 3.63. The fraction of sp³-hybridized carbons (Fsp3) is 0.778. The molecule has 2 unspecified atom stereocenters. The Morgan fingerprint density at radius 2 is 2.04 bits per heavy atom. The van der Waals surface area contributed by atoms with E-state index in [1.807, 2.05) is 18.8 Å². The molecule has 1 heterocycles. The summed E-state index contributed by atoms with van der Waals surface area (Å²) in [6, 6.07) is 1.59. The van der Waals surface area contributed by atoms with Crippen molar-refractivity contribution in [3.8, 4) is 0 Å². The molecule has 2 atom stereocenters. The molecule has 0 aliphatic heterocycles. The third-order valence-corrected chi connectivity index (χ3v) is 5.16. The Labute approximate surface area is 146 Å². The number of likely N-dealkylation sites (N-methyl/N-ethyl adjacent to an activating group) is 1. The average Bonchev–Trinajstić information content (AvgIpc) is 3.35. The first-order chi connectivity index (χ1) is 11.3. The summed E-state index contributed by atoms with van der Waals surface area (Å²) in [4.78, 5) is 6.83. The Morgan fingerprint density at radius 1 is 1.38 bits per heavy atom. The molecule has 0 amide bonds. The molecule has 2 rings (SSSR count). The van der Waals surface area contributed by atoms with E-state index < -0.39 is 0 Å². The third kappa shape index (κ3) is 4.72. The number of nitrogens with one attached hydrogen (secondary N) is 2. The topological polar surface area (TPSA) is 57.5 Å². The molecule has 0 aromatic carbocycles. The van der Waals surface area contributed by atoms with Crippen LogP contribution in [0.1, 0.15) is 43.6 Å². The lowest BCUT2D eigenvalue weighted by atomic mass is 10.1. The van der Waals surface area contributed by atoms with E-state index in [-0.39, 0.29) is 0 Å². The lowest BCUT2D eigenvalue weighted by molar-refractivity contribution is 0.247. The van der Waals surface area contributed by atoms with Crippen LogP contribution in [0.15, 0.2) is 4.99 Å². The molecule has 136 valence electrons. The first-order valence-electron chi connectivity index (χ1n) is 9.01. The molecule has 0 bridgehead atoms. The quantitative estimate of drug-likeness (QED) is 0.588. The smallest absolute Gasteiger partial charge is 0.191 e. The summed E-state index contributed by atoms with van der Waals surface area (Å²) in [6.45, 7) is 9.58. The monoisotopic (exact) mass is 334 g/mol. The number of hydrogen-bond acceptors (Lipinski definition) is 3. The summed E-state index contributed by atoms with van der Waals surface area (Å²) in [5, 5.41) is 11.5. The van der Waals surface area contributed by atoms with Gasteiger partial charge in [-0.05, 0) is 59.6 Å². The summed E-state index contributed by atoms with van der Waals surface area (Å²) < 4.78 is 1.96. The average molecular weight is 335 g/mol. The van der Waals surface area contributed by atoms with E-state index in [4.69, 9.17) is 0 Å². The maximum absolute atomic E-state index is 4.50. The predicted octanol–water partition coefficient (Wildman–Crippen LogP) is 1.62. The number of rotatable bonds is 7. The van der Waals surface area contributed by atoms with Crippen molar-refractivity contribution in [3.63, 3.8) is 0 Å². The maximum atomic E-state index is 4.50. The number of hydrogen-bond donors (Lipinski definition) is 2. The van der Waals surface area contributed by atoms with Crippen LogP contribution in [0.5, 0.6) is 0 Å². The zero-order valence-corrected chi connectivity index (χ0v) is 16.3. The van der Waals surface area contributed by atoms with Crippen LogP contribution >= 0.6 is 0 Å². The van der Waals surface area contributed by atoms with Gasteiger partial charge in [-0.1, -0.05) is 0 Å². The molecule has 2 N–H and O–H groups in total. The van der Waals surface area contributed by atoms with E-state index in [0.29, 0.717) is 12.1 Å². The fourth-order valence-electron chi connectivity index (χ4n) is 3.13. The number of guanidine groups is 1. The summed E-state index contributed by atoms with van der Waals surface area (Å²) in [7, 11) is 6.05. The minimum atomic E-state index is 0.300. The Kier molecular flexibility index (Phi) is 6.27. The van der Waals surface area contributed by atoms with Crippen molar-refractivity contribution < 1.29 is 0 Å². The molecular weight excluding hydrogens is 300 g/mol. The van der Waals surface area contributed by atoms with E-state index in [0.717, 1.165) is 30.7 Å². The Morgan fingerprint density at radius 3 is 2.54 bits per heavy atom. The van der Waals surface area contributed by atoms with Crippen molar-refractivity contribution in [2.75, 3.05) is 20.6 Å². The van der Waals surface area contributed by atoms with Gasteiger partial charge < -0.3 is 10.6 Å². The van der Waals surface area contributed by atoms with Gasteiger partial charge in [-0.15, -0.1) is 0 Å². The Bertz CT molecular complexity index is 572. The van der Waals surface area contributed by atoms with Gasteiger partial charge in [-0.25, -0.2) is 0 Å². The summed E-state index contributed by atoms with van der Waals surface area (Å²) in [5.74, 6) is 0.873. The van der Waals surface area contributed by atoms with E-state index in [1.54, 1.807) is 0 Å². The maximum Gasteiger partial charge on any atom is 0.191 e. The van der Waals surface area contributed by atoms with Gasteiger partial charge in [0.1, 0.15) is 0 Å². The minimum Gasteiger partial charge on any atom is -0.355 e. The fourth-order valence-corrected chi connectivity index (χ4v) is 3.13. The standard InChI is InChI=1S/C18H34N6/c1-12(10-17-14(3)22-24(7)15(17)4)21-18(19-5)20-11-13(2)23(6)16-8-9-16/h12-13,16H,8-11H2,1-7H3,(H2,19,20,21). The van der Waals surface area contributed by atoms with Gasteiger partial charge in [-0.3, -0.25) is 14.6 Å². The van der Waals surface area contributed by atoms with Gasteiger partial charge in [0, 0.05) is 44.5 Å². The van der Waals surface area contributed by atoms with Crippen LogP contribution < -0.4 is 10.6 Å². The SMILES string of the molecule is CN=C(NCC(C)N(C)C1CC1)NC(C)Cc1c(C)nn(C)c1C. The Balaban J connectivity index is 1.83. The van der Waals surface area contributed by atoms with Crippen LogP contribution in [-0.2, 0) is 13.5 Å². The van der Waals surface area contributed by atoms with E-state index in [1.165, 1.54) is 24.1 Å². The second kappa shape index (κ2) is 8.01. The van der Waals surface area contributed by atoms with Gasteiger partial charge in [0.05, 0.1) is 5.69 Å². The lowest BCUT2D eigenvalue weighted by Crippen LogP contribution is -2.48. The van der Waals surface area contributed by atoms with E-state index in [2.05, 4.69) is 60.4 Å². The highest BCUT2D eigenvalue weighted by atomic mass is 15.3. The zero-order valence-electron chi connectivity index (χ0n) is 16.3. The largest absolute Gasteiger partial charge is 0.355 e. The number of aryl methyl sites for hydroxylation is 2. The van der Waals surface area contributed by atoms with Crippen molar-refractivity contribution in [1.29, 1.82) is 0 Å². The van der Waals surface area contributed by atoms with Gasteiger partial charge in [-0.2, -0.15) is 5.10 Å². The predicted molar refractivity (Wildman–Crippen MR) is 101 cm³/mol. The molecule has 0 saturated heterocycles. The number of nitrogens with zero attached hydrogens (tertiary/aromatic N) is 4. The van der Waals surface area contributed by atoms with Crippen LogP contribution in [0.3, 0.4) is 0 Å². The molecular formula is C18H34N6. The van der Waals surface area contributed by atoms with Gasteiger partial charge >= 0.3 is 0 Å². The molecule has 1 aromatic rings. The molecule has 24 heavy (non-hydrogen) atoms. The molecule has 0 radical (unpaired) electrons. The Hall–Kier alpha value is -1.56. The van der Waals surface area contributed by atoms with Crippen molar-refractivity contribution in [2.24, 2.45) is 12.0 Å². The molecule has 6 nitrogen and oxygen atoms in total.